The summed E-state index contributed by atoms with van der Waals surface area (Å²) in [6.07, 6.45) is 12.6. The number of para-hydroxylation sites is 1. The van der Waals surface area contributed by atoms with Gasteiger partial charge in [0.1, 0.15) is 0 Å². The summed E-state index contributed by atoms with van der Waals surface area (Å²) < 4.78 is 0. The molecule has 1 aromatic carbocycles. The van der Waals surface area contributed by atoms with E-state index >= 15 is 0 Å². The summed E-state index contributed by atoms with van der Waals surface area (Å²) in [6, 6.07) is 10.0. The van der Waals surface area contributed by atoms with E-state index in [1.165, 1.54) is 0 Å². The van der Waals surface area contributed by atoms with Crippen LogP contribution >= 0.6 is 0 Å². The molecule has 1 rings (SSSR count). The molecule has 1 aromatic rings. The van der Waals surface area contributed by atoms with Gasteiger partial charge < -0.3 is 5.32 Å². The molecular formula is C21H30N2. The number of aliphatic imine (C=N–C) groups is 1. The third kappa shape index (κ3) is 7.64. The van der Waals surface area contributed by atoms with Gasteiger partial charge in [0.05, 0.1) is 5.69 Å². The van der Waals surface area contributed by atoms with E-state index in [1.807, 2.05) is 56.5 Å². The number of benzene rings is 1. The van der Waals surface area contributed by atoms with Crippen LogP contribution in [0.15, 0.2) is 71.4 Å². The maximum absolute atomic E-state index is 4.57. The second kappa shape index (κ2) is 8.52. The fraction of sp³-hybridized carbons (Fsp3) is 0.381. The van der Waals surface area contributed by atoms with E-state index in [9.17, 15) is 0 Å². The number of hydrogen-bond acceptors (Lipinski definition) is 2. The smallest absolute Gasteiger partial charge is 0.0626 e. The average molecular weight is 310 g/mol. The fourth-order valence-electron chi connectivity index (χ4n) is 2.02. The highest BCUT2D eigenvalue weighted by Crippen LogP contribution is 2.20. The lowest BCUT2D eigenvalue weighted by Gasteiger charge is -2.26. The van der Waals surface area contributed by atoms with Crippen LogP contribution in [0.5, 0.6) is 0 Å². The lowest BCUT2D eigenvalue weighted by molar-refractivity contribution is 0.529. The molecule has 2 heteroatoms. The molecule has 1 N–H and O–H groups in total. The molecule has 0 unspecified atom stereocenters. The molecule has 0 saturated heterocycles. The Morgan fingerprint density at radius 3 is 2.22 bits per heavy atom. The number of allylic oxidation sites excluding steroid dienone is 4. The first-order chi connectivity index (χ1) is 10.8. The first kappa shape index (κ1) is 19.0. The van der Waals surface area contributed by atoms with E-state index in [0.717, 1.165) is 11.4 Å². The fourth-order valence-corrected chi connectivity index (χ4v) is 2.02. The van der Waals surface area contributed by atoms with Crippen LogP contribution in [0.3, 0.4) is 0 Å². The van der Waals surface area contributed by atoms with Gasteiger partial charge in [-0.05, 0) is 45.9 Å². The number of nitrogens with one attached hydrogen (secondary N) is 1. The average Bonchev–Trinajstić information content (AvgIpc) is 2.52. The van der Waals surface area contributed by atoms with Crippen LogP contribution in [0, 0.1) is 5.41 Å². The quantitative estimate of drug-likeness (QED) is 0.383. The van der Waals surface area contributed by atoms with Crippen molar-refractivity contribution in [1.29, 1.82) is 0 Å². The normalized spacial score (nSPS) is 14.3. The third-order valence-corrected chi connectivity index (χ3v) is 3.36. The van der Waals surface area contributed by atoms with Gasteiger partial charge in [0, 0.05) is 22.9 Å². The van der Waals surface area contributed by atoms with Crippen LogP contribution in [0.2, 0.25) is 0 Å². The maximum atomic E-state index is 4.57. The highest BCUT2D eigenvalue weighted by Gasteiger charge is 2.17. The first-order valence-electron chi connectivity index (χ1n) is 8.16. The molecule has 0 aliphatic heterocycles. The molecular weight excluding hydrogens is 280 g/mol. The van der Waals surface area contributed by atoms with Crippen molar-refractivity contribution in [3.63, 3.8) is 0 Å². The van der Waals surface area contributed by atoms with Gasteiger partial charge in [-0.3, -0.25) is 4.99 Å². The lowest BCUT2D eigenvalue weighted by Crippen LogP contribution is -2.36. The molecule has 124 valence electrons. The predicted molar refractivity (Wildman–Crippen MR) is 103 cm³/mol. The van der Waals surface area contributed by atoms with Crippen LogP contribution in [0.4, 0.5) is 5.69 Å². The van der Waals surface area contributed by atoms with Gasteiger partial charge in [-0.2, -0.15) is 0 Å². The summed E-state index contributed by atoms with van der Waals surface area (Å²) in [5, 5.41) is 3.53. The van der Waals surface area contributed by atoms with Gasteiger partial charge >= 0.3 is 0 Å². The van der Waals surface area contributed by atoms with Crippen LogP contribution in [-0.2, 0) is 0 Å². The molecule has 0 heterocycles. The summed E-state index contributed by atoms with van der Waals surface area (Å²) in [6.45, 7) is 12.7. The van der Waals surface area contributed by atoms with Gasteiger partial charge in [0.2, 0.25) is 0 Å². The topological polar surface area (TPSA) is 24.4 Å². The number of hydrogen-bond donors (Lipinski definition) is 1. The molecule has 0 fully saturated rings. The summed E-state index contributed by atoms with van der Waals surface area (Å²) in [4.78, 5) is 4.57. The molecule has 0 aliphatic carbocycles. The third-order valence-electron chi connectivity index (χ3n) is 3.36. The van der Waals surface area contributed by atoms with Crippen molar-refractivity contribution in [2.24, 2.45) is 10.4 Å². The zero-order valence-corrected chi connectivity index (χ0v) is 15.3. The standard InChI is InChI=1S/C21H30N2/c1-7-12-18(8-2)23-21(5,6)16-15-20(3,4)17-22-19-13-10-9-11-14-19/h7-17,23H,1-6H3/b12-7-,16-15+,18-8+,22-17?. The Kier molecular flexibility index (Phi) is 7.02. The van der Waals surface area contributed by atoms with E-state index in [0.29, 0.717) is 0 Å². The van der Waals surface area contributed by atoms with Gasteiger partial charge in [-0.1, -0.05) is 56.4 Å². The second-order valence-electron chi connectivity index (χ2n) is 6.84. The van der Waals surface area contributed by atoms with Crippen molar-refractivity contribution >= 4 is 11.9 Å². The van der Waals surface area contributed by atoms with Crippen molar-refractivity contribution in [3.8, 4) is 0 Å². The molecule has 0 bridgehead atoms. The Balaban J connectivity index is 2.78. The highest BCUT2D eigenvalue weighted by molar-refractivity contribution is 5.71. The Hall–Kier alpha value is -2.09. The minimum Gasteiger partial charge on any atom is -0.377 e. The lowest BCUT2D eigenvalue weighted by atomic mass is 9.91. The van der Waals surface area contributed by atoms with E-state index < -0.39 is 0 Å². The van der Waals surface area contributed by atoms with Crippen molar-refractivity contribution < 1.29 is 0 Å². The molecule has 0 radical (unpaired) electrons. The van der Waals surface area contributed by atoms with E-state index in [1.54, 1.807) is 0 Å². The molecule has 0 amide bonds. The zero-order valence-electron chi connectivity index (χ0n) is 15.3. The molecule has 0 aliphatic rings. The summed E-state index contributed by atoms with van der Waals surface area (Å²) in [5.74, 6) is 0. The summed E-state index contributed by atoms with van der Waals surface area (Å²) >= 11 is 0. The second-order valence-corrected chi connectivity index (χ2v) is 6.84. The Morgan fingerprint density at radius 2 is 1.65 bits per heavy atom. The number of nitrogens with zero attached hydrogens (tertiary/aromatic N) is 1. The van der Waals surface area contributed by atoms with Crippen molar-refractivity contribution in [2.75, 3.05) is 0 Å². The molecule has 2 nitrogen and oxygen atoms in total. The van der Waals surface area contributed by atoms with E-state index in [4.69, 9.17) is 0 Å². The molecule has 0 atom stereocenters. The summed E-state index contributed by atoms with van der Waals surface area (Å²) in [7, 11) is 0. The van der Waals surface area contributed by atoms with Gasteiger partial charge in [-0.15, -0.1) is 0 Å². The molecule has 23 heavy (non-hydrogen) atoms. The predicted octanol–water partition coefficient (Wildman–Crippen LogP) is 5.82. The van der Waals surface area contributed by atoms with Gasteiger partial charge in [0.15, 0.2) is 0 Å². The minimum atomic E-state index is -0.126. The van der Waals surface area contributed by atoms with Crippen LogP contribution < -0.4 is 5.32 Å². The van der Waals surface area contributed by atoms with Gasteiger partial charge in [-0.25, -0.2) is 0 Å². The first-order valence-corrected chi connectivity index (χ1v) is 8.16. The largest absolute Gasteiger partial charge is 0.377 e. The SMILES string of the molecule is C/C=C\C(=C/C)NC(C)(C)/C=C/C(C)(C)C=Nc1ccccc1. The van der Waals surface area contributed by atoms with Gasteiger partial charge in [0.25, 0.3) is 0 Å². The van der Waals surface area contributed by atoms with Crippen LogP contribution in [0.25, 0.3) is 0 Å². The highest BCUT2D eigenvalue weighted by atomic mass is 15.0. The Bertz CT molecular complexity index is 588. The van der Waals surface area contributed by atoms with Crippen molar-refractivity contribution in [1.82, 2.24) is 5.32 Å². The molecule has 0 saturated carbocycles. The van der Waals surface area contributed by atoms with Crippen molar-refractivity contribution in [2.45, 2.75) is 47.1 Å². The molecule has 0 spiro atoms. The summed E-state index contributed by atoms with van der Waals surface area (Å²) in [5.41, 5.74) is 1.87. The molecule has 0 aromatic heterocycles. The zero-order chi connectivity index (χ0) is 17.3. The Morgan fingerprint density at radius 1 is 1.00 bits per heavy atom. The number of rotatable bonds is 7. The monoisotopic (exact) mass is 310 g/mol. The van der Waals surface area contributed by atoms with E-state index in [-0.39, 0.29) is 11.0 Å². The van der Waals surface area contributed by atoms with E-state index in [2.05, 4.69) is 62.3 Å². The van der Waals surface area contributed by atoms with Crippen LogP contribution in [-0.4, -0.2) is 11.8 Å². The minimum absolute atomic E-state index is 0.106. The Labute approximate surface area is 141 Å². The van der Waals surface area contributed by atoms with Crippen molar-refractivity contribution in [3.05, 3.63) is 66.4 Å². The maximum Gasteiger partial charge on any atom is 0.0626 e. The van der Waals surface area contributed by atoms with Crippen LogP contribution in [0.1, 0.15) is 41.5 Å².